The van der Waals surface area contributed by atoms with Gasteiger partial charge >= 0.3 is 5.97 Å². The van der Waals surface area contributed by atoms with Gasteiger partial charge in [0.15, 0.2) is 0 Å². The number of nitrogens with zero attached hydrogens (tertiary/aromatic N) is 1. The zero-order valence-corrected chi connectivity index (χ0v) is 8.79. The van der Waals surface area contributed by atoms with Crippen LogP contribution in [-0.4, -0.2) is 21.2 Å². The summed E-state index contributed by atoms with van der Waals surface area (Å²) in [5.74, 6) is -1.62. The average Bonchev–Trinajstić information content (AvgIpc) is 2.30. The molecule has 86 valence electrons. The number of hydrogen-bond donors (Lipinski definition) is 3. The first-order chi connectivity index (χ1) is 8.16. The molecule has 0 amide bonds. The van der Waals surface area contributed by atoms with Crippen molar-refractivity contribution >= 4 is 17.3 Å². The van der Waals surface area contributed by atoms with Crippen LogP contribution < -0.4 is 5.32 Å². The molecule has 5 heteroatoms. The van der Waals surface area contributed by atoms with Crippen molar-refractivity contribution in [1.82, 2.24) is 4.98 Å². The molecular formula is C12H10N2O3. The summed E-state index contributed by atoms with van der Waals surface area (Å²) in [5, 5.41) is 20.3. The smallest absolute Gasteiger partial charge is 0.341 e. The lowest BCUT2D eigenvalue weighted by Gasteiger charge is -2.15. The maximum Gasteiger partial charge on any atom is 0.341 e. The van der Waals surface area contributed by atoms with E-state index in [-0.39, 0.29) is 5.56 Å². The van der Waals surface area contributed by atoms with Gasteiger partial charge in [-0.3, -0.25) is 0 Å². The first-order valence-electron chi connectivity index (χ1n) is 4.91. The van der Waals surface area contributed by atoms with Crippen LogP contribution in [0.5, 0.6) is 5.88 Å². The highest BCUT2D eigenvalue weighted by molar-refractivity contribution is 5.89. The van der Waals surface area contributed by atoms with Crippen molar-refractivity contribution < 1.29 is 15.0 Å². The van der Waals surface area contributed by atoms with Gasteiger partial charge in [-0.2, -0.15) is 0 Å². The van der Waals surface area contributed by atoms with Crippen LogP contribution in [0.15, 0.2) is 42.6 Å². The normalized spacial score (nSPS) is 10.4. The Labute approximate surface area is 97.4 Å². The Hall–Kier alpha value is -2.56. The summed E-state index contributed by atoms with van der Waals surface area (Å²) in [6.07, 6.45) is 1.32. The molecule has 2 bridgehead atoms. The summed E-state index contributed by atoms with van der Waals surface area (Å²) in [6, 6.07) is 11.0. The number of aromatic hydroxyl groups is 1. The van der Waals surface area contributed by atoms with Crippen LogP contribution in [0.3, 0.4) is 0 Å². The van der Waals surface area contributed by atoms with Crippen LogP contribution in [0.1, 0.15) is 10.4 Å². The second kappa shape index (κ2) is 4.52. The number of nitrogens with one attached hydrogen (secondary N) is 1. The quantitative estimate of drug-likeness (QED) is 0.597. The lowest BCUT2D eigenvalue weighted by atomic mass is 10.2. The first kappa shape index (κ1) is 10.9. The number of carboxylic acids is 1. The van der Waals surface area contributed by atoms with Crippen molar-refractivity contribution in [2.24, 2.45) is 0 Å². The third-order valence-corrected chi connectivity index (χ3v) is 2.17. The Morgan fingerprint density at radius 3 is 2.12 bits per heavy atom. The Kier molecular flexibility index (Phi) is 2.91. The van der Waals surface area contributed by atoms with Gasteiger partial charge < -0.3 is 15.5 Å². The minimum absolute atomic E-state index is 0.178. The molecule has 17 heavy (non-hydrogen) atoms. The molecular weight excluding hydrogens is 220 g/mol. The molecule has 2 aromatic rings. The van der Waals surface area contributed by atoms with Crippen molar-refractivity contribution in [3.05, 3.63) is 48.2 Å². The minimum Gasteiger partial charge on any atom is -0.493 e. The van der Waals surface area contributed by atoms with Gasteiger partial charge in [0.2, 0.25) is 5.88 Å². The number of fused-ring (bicyclic) bond motifs is 2. The minimum atomic E-state index is -1.18. The van der Waals surface area contributed by atoms with Crippen LogP contribution in [-0.2, 0) is 0 Å². The van der Waals surface area contributed by atoms with E-state index < -0.39 is 11.8 Å². The van der Waals surface area contributed by atoms with Gasteiger partial charge in [0, 0.05) is 17.6 Å². The number of benzene rings is 1. The third-order valence-electron chi connectivity index (χ3n) is 2.17. The molecule has 0 aliphatic carbocycles. The van der Waals surface area contributed by atoms with E-state index in [0.29, 0.717) is 0 Å². The van der Waals surface area contributed by atoms with Crippen LogP contribution >= 0.6 is 0 Å². The van der Waals surface area contributed by atoms with Crippen molar-refractivity contribution in [2.75, 3.05) is 5.32 Å². The van der Waals surface area contributed by atoms with Crippen molar-refractivity contribution in [2.45, 2.75) is 0 Å². The molecule has 1 aromatic heterocycles. The van der Waals surface area contributed by atoms with E-state index in [1.807, 2.05) is 18.2 Å². The van der Waals surface area contributed by atoms with Gasteiger partial charge in [0.1, 0.15) is 5.56 Å². The zero-order chi connectivity index (χ0) is 12.3. The van der Waals surface area contributed by atoms with Gasteiger partial charge in [-0.05, 0) is 30.3 Å². The monoisotopic (exact) mass is 230 g/mol. The molecule has 5 nitrogen and oxygen atoms in total. The molecule has 0 saturated heterocycles. The predicted molar refractivity (Wildman–Crippen MR) is 62.6 cm³/mol. The van der Waals surface area contributed by atoms with Gasteiger partial charge in [-0.1, -0.05) is 6.07 Å². The molecule has 0 unspecified atom stereocenters. The van der Waals surface area contributed by atoms with Crippen LogP contribution in [0.25, 0.3) is 0 Å². The summed E-state index contributed by atoms with van der Waals surface area (Å²) < 4.78 is 0. The third kappa shape index (κ3) is 2.52. The SMILES string of the molecule is O=C(O)c1cccnc1O.c1cc2cc(c1)N2. The summed E-state index contributed by atoms with van der Waals surface area (Å²) in [7, 11) is 0. The highest BCUT2D eigenvalue weighted by Gasteiger charge is 2.07. The van der Waals surface area contributed by atoms with E-state index in [2.05, 4.69) is 16.4 Å². The second-order valence-corrected chi connectivity index (χ2v) is 3.39. The number of anilines is 2. The number of aromatic nitrogens is 1. The van der Waals surface area contributed by atoms with Crippen molar-refractivity contribution in [1.29, 1.82) is 0 Å². The Bertz CT molecular complexity index is 530. The zero-order valence-electron chi connectivity index (χ0n) is 8.79. The largest absolute Gasteiger partial charge is 0.493 e. The maximum atomic E-state index is 10.2. The lowest BCUT2D eigenvalue weighted by Crippen LogP contribution is -1.98. The summed E-state index contributed by atoms with van der Waals surface area (Å²) in [5.41, 5.74) is 2.29. The molecule has 3 N–H and O–H groups in total. The highest BCUT2D eigenvalue weighted by atomic mass is 16.4. The Morgan fingerprint density at radius 1 is 1.18 bits per heavy atom. The Morgan fingerprint density at radius 2 is 1.82 bits per heavy atom. The van der Waals surface area contributed by atoms with Gasteiger partial charge in [0.25, 0.3) is 0 Å². The number of aromatic carboxylic acids is 1. The fourth-order valence-corrected chi connectivity index (χ4v) is 1.33. The van der Waals surface area contributed by atoms with Gasteiger partial charge in [-0.25, -0.2) is 9.78 Å². The lowest BCUT2D eigenvalue weighted by molar-refractivity contribution is 0.0693. The van der Waals surface area contributed by atoms with Crippen LogP contribution in [0, 0.1) is 0 Å². The molecule has 3 heterocycles. The van der Waals surface area contributed by atoms with Crippen molar-refractivity contribution in [3.8, 4) is 5.88 Å². The number of carboxylic acid groups (broad SMARTS) is 1. The van der Waals surface area contributed by atoms with Gasteiger partial charge in [-0.15, -0.1) is 0 Å². The topological polar surface area (TPSA) is 82.5 Å². The van der Waals surface area contributed by atoms with E-state index in [1.54, 1.807) is 0 Å². The summed E-state index contributed by atoms with van der Waals surface area (Å²) >= 11 is 0. The molecule has 0 spiro atoms. The number of carbonyl (C=O) groups is 1. The molecule has 0 saturated carbocycles. The molecule has 2 aliphatic heterocycles. The average molecular weight is 230 g/mol. The molecule has 2 aliphatic rings. The molecule has 4 rings (SSSR count). The molecule has 1 aromatic carbocycles. The highest BCUT2D eigenvalue weighted by Crippen LogP contribution is 2.27. The maximum absolute atomic E-state index is 10.2. The molecule has 0 radical (unpaired) electrons. The van der Waals surface area contributed by atoms with E-state index in [4.69, 9.17) is 10.2 Å². The summed E-state index contributed by atoms with van der Waals surface area (Å²) in [4.78, 5) is 13.6. The Balaban J connectivity index is 0.000000134. The van der Waals surface area contributed by atoms with Gasteiger partial charge in [0.05, 0.1) is 0 Å². The fourth-order valence-electron chi connectivity index (χ4n) is 1.33. The standard InChI is InChI=1S/C6H5NO3.C6H5N/c8-5-4(6(9)10)2-1-3-7-5;1-2-5-4-6(3-1)7-5/h1-3H,(H,7,8)(H,9,10);1-4,7H. The van der Waals surface area contributed by atoms with Crippen LogP contribution in [0.2, 0.25) is 0 Å². The first-order valence-corrected chi connectivity index (χ1v) is 4.91. The number of rotatable bonds is 1. The van der Waals surface area contributed by atoms with E-state index in [9.17, 15) is 4.79 Å². The number of pyridine rings is 1. The summed E-state index contributed by atoms with van der Waals surface area (Å²) in [6.45, 7) is 0. The van der Waals surface area contributed by atoms with Crippen LogP contribution in [0.4, 0.5) is 11.4 Å². The van der Waals surface area contributed by atoms with E-state index in [0.717, 1.165) is 0 Å². The fraction of sp³-hybridized carbons (Fsp3) is 0. The number of hydrogen-bond acceptors (Lipinski definition) is 4. The molecule has 0 fully saturated rings. The van der Waals surface area contributed by atoms with Crippen molar-refractivity contribution in [3.63, 3.8) is 0 Å². The molecule has 0 atom stereocenters. The van der Waals surface area contributed by atoms with E-state index in [1.165, 1.54) is 29.7 Å². The van der Waals surface area contributed by atoms with E-state index >= 15 is 0 Å². The predicted octanol–water partition coefficient (Wildman–Crippen LogP) is 2.23. The second-order valence-electron chi connectivity index (χ2n) is 3.39.